The van der Waals surface area contributed by atoms with Crippen LogP contribution in [-0.4, -0.2) is 58.1 Å². The SMILES string of the molecule is CCCCCCCCCCCCCC[N+](C)(C)CCOCCOCCCC.[Cl-]. The van der Waals surface area contributed by atoms with Crippen molar-refractivity contribution in [2.24, 2.45) is 0 Å². The highest BCUT2D eigenvalue weighted by Gasteiger charge is 2.13. The summed E-state index contributed by atoms with van der Waals surface area (Å²) in [5.41, 5.74) is 0. The minimum absolute atomic E-state index is 0. The van der Waals surface area contributed by atoms with Crippen molar-refractivity contribution >= 4 is 0 Å². The van der Waals surface area contributed by atoms with E-state index >= 15 is 0 Å². The highest BCUT2D eigenvalue weighted by molar-refractivity contribution is 4.49. The monoisotopic (exact) mass is 421 g/mol. The van der Waals surface area contributed by atoms with Crippen LogP contribution < -0.4 is 12.4 Å². The Morgan fingerprint density at radius 3 is 1.39 bits per heavy atom. The number of ether oxygens (including phenoxy) is 2. The zero-order valence-electron chi connectivity index (χ0n) is 19.8. The molecule has 0 aliphatic rings. The van der Waals surface area contributed by atoms with Crippen LogP contribution in [0, 0.1) is 0 Å². The number of rotatable bonds is 22. The largest absolute Gasteiger partial charge is 1.00 e. The number of likely N-dealkylation sites (N-methyl/N-ethyl adjacent to an activating group) is 1. The van der Waals surface area contributed by atoms with Gasteiger partial charge in [0.25, 0.3) is 0 Å². The van der Waals surface area contributed by atoms with Crippen molar-refractivity contribution in [2.75, 3.05) is 53.6 Å². The molecule has 0 fully saturated rings. The highest BCUT2D eigenvalue weighted by Crippen LogP contribution is 2.12. The maximum absolute atomic E-state index is 5.72. The minimum Gasteiger partial charge on any atom is -1.00 e. The molecule has 28 heavy (non-hydrogen) atoms. The second kappa shape index (κ2) is 23.4. The number of nitrogens with zero attached hydrogens (tertiary/aromatic N) is 1. The smallest absolute Gasteiger partial charge is 0.102 e. The molecule has 0 radical (unpaired) electrons. The molecule has 0 rings (SSSR count). The van der Waals surface area contributed by atoms with Crippen LogP contribution in [0.2, 0.25) is 0 Å². The van der Waals surface area contributed by atoms with Crippen LogP contribution in [0.3, 0.4) is 0 Å². The van der Waals surface area contributed by atoms with Crippen LogP contribution in [0.15, 0.2) is 0 Å². The predicted molar refractivity (Wildman–Crippen MR) is 119 cm³/mol. The molecule has 0 spiro atoms. The molecule has 0 heterocycles. The number of unbranched alkanes of at least 4 members (excludes halogenated alkanes) is 12. The van der Waals surface area contributed by atoms with E-state index in [2.05, 4.69) is 27.9 Å². The van der Waals surface area contributed by atoms with Gasteiger partial charge in [0.1, 0.15) is 6.54 Å². The average molecular weight is 422 g/mol. The summed E-state index contributed by atoms with van der Waals surface area (Å²) < 4.78 is 12.3. The summed E-state index contributed by atoms with van der Waals surface area (Å²) in [5, 5.41) is 0. The Labute approximate surface area is 183 Å². The molecule has 172 valence electrons. The molecule has 0 N–H and O–H groups in total. The fourth-order valence-electron chi connectivity index (χ4n) is 3.37. The molecular weight excluding hydrogens is 370 g/mol. The standard InChI is InChI=1S/C24H52NO2.ClH/c1-5-7-9-10-11-12-13-14-15-16-17-18-19-25(3,4)20-22-27-24-23-26-21-8-6-2;/h5-24H2,1-4H3;1H/q+1;/p-1. The molecule has 0 aromatic carbocycles. The van der Waals surface area contributed by atoms with Gasteiger partial charge in [-0.2, -0.15) is 0 Å². The summed E-state index contributed by atoms with van der Waals surface area (Å²) in [6.45, 7) is 10.1. The molecule has 0 amide bonds. The van der Waals surface area contributed by atoms with E-state index in [1.807, 2.05) is 0 Å². The molecule has 0 aromatic rings. The molecular formula is C24H52ClNO2. The van der Waals surface area contributed by atoms with E-state index in [0.29, 0.717) is 0 Å². The normalized spacial score (nSPS) is 11.6. The summed E-state index contributed by atoms with van der Waals surface area (Å²) >= 11 is 0. The summed E-state index contributed by atoms with van der Waals surface area (Å²) in [4.78, 5) is 0. The Morgan fingerprint density at radius 2 is 0.893 bits per heavy atom. The second-order valence-electron chi connectivity index (χ2n) is 8.85. The molecule has 0 aliphatic carbocycles. The zero-order valence-corrected chi connectivity index (χ0v) is 20.5. The topological polar surface area (TPSA) is 18.5 Å². The molecule has 4 heteroatoms. The van der Waals surface area contributed by atoms with Gasteiger partial charge in [0.2, 0.25) is 0 Å². The van der Waals surface area contributed by atoms with Gasteiger partial charge < -0.3 is 26.4 Å². The number of hydrogen-bond donors (Lipinski definition) is 0. The Morgan fingerprint density at radius 1 is 0.464 bits per heavy atom. The Hall–Kier alpha value is 0.170. The van der Waals surface area contributed by atoms with Gasteiger partial charge in [-0.3, -0.25) is 0 Å². The lowest BCUT2D eigenvalue weighted by atomic mass is 10.1. The van der Waals surface area contributed by atoms with Gasteiger partial charge in [-0.1, -0.05) is 84.5 Å². The quantitative estimate of drug-likeness (QED) is 0.196. The Balaban J connectivity index is 0. The molecule has 0 aromatic heterocycles. The first-order valence-corrected chi connectivity index (χ1v) is 12.1. The first kappa shape index (κ1) is 30.4. The lowest BCUT2D eigenvalue weighted by molar-refractivity contribution is -0.891. The van der Waals surface area contributed by atoms with Crippen molar-refractivity contribution in [2.45, 2.75) is 104 Å². The molecule has 0 unspecified atom stereocenters. The molecule has 0 aliphatic heterocycles. The van der Waals surface area contributed by atoms with Gasteiger partial charge in [0.15, 0.2) is 0 Å². The van der Waals surface area contributed by atoms with Gasteiger partial charge in [0, 0.05) is 6.61 Å². The molecule has 0 saturated carbocycles. The van der Waals surface area contributed by atoms with Crippen molar-refractivity contribution < 1.29 is 26.4 Å². The van der Waals surface area contributed by atoms with Crippen molar-refractivity contribution in [3.05, 3.63) is 0 Å². The highest BCUT2D eigenvalue weighted by atomic mass is 35.5. The van der Waals surface area contributed by atoms with Gasteiger partial charge in [0.05, 0.1) is 40.5 Å². The van der Waals surface area contributed by atoms with Crippen molar-refractivity contribution in [1.29, 1.82) is 0 Å². The fraction of sp³-hybridized carbons (Fsp3) is 1.00. The van der Waals surface area contributed by atoms with Crippen LogP contribution in [0.5, 0.6) is 0 Å². The van der Waals surface area contributed by atoms with Crippen LogP contribution in [0.4, 0.5) is 0 Å². The molecule has 0 bridgehead atoms. The van der Waals surface area contributed by atoms with E-state index in [1.54, 1.807) is 0 Å². The zero-order chi connectivity index (χ0) is 20.1. The van der Waals surface area contributed by atoms with E-state index in [1.165, 1.54) is 90.0 Å². The van der Waals surface area contributed by atoms with E-state index in [9.17, 15) is 0 Å². The predicted octanol–water partition coefficient (Wildman–Crippen LogP) is 3.60. The third-order valence-electron chi connectivity index (χ3n) is 5.47. The van der Waals surface area contributed by atoms with Gasteiger partial charge in [-0.15, -0.1) is 0 Å². The van der Waals surface area contributed by atoms with E-state index in [4.69, 9.17) is 9.47 Å². The fourth-order valence-corrected chi connectivity index (χ4v) is 3.37. The second-order valence-corrected chi connectivity index (χ2v) is 8.85. The van der Waals surface area contributed by atoms with Crippen LogP contribution in [0.1, 0.15) is 104 Å². The lowest BCUT2D eigenvalue weighted by Gasteiger charge is -2.29. The van der Waals surface area contributed by atoms with Crippen LogP contribution >= 0.6 is 0 Å². The van der Waals surface area contributed by atoms with Crippen molar-refractivity contribution in [1.82, 2.24) is 0 Å². The van der Waals surface area contributed by atoms with Crippen LogP contribution in [0.25, 0.3) is 0 Å². The Kier molecular flexibility index (Phi) is 25.4. The first-order valence-electron chi connectivity index (χ1n) is 12.1. The Bertz CT molecular complexity index is 288. The number of hydrogen-bond acceptors (Lipinski definition) is 2. The molecule has 0 atom stereocenters. The molecule has 0 saturated heterocycles. The number of quaternary nitrogens is 1. The van der Waals surface area contributed by atoms with Crippen LogP contribution in [-0.2, 0) is 9.47 Å². The van der Waals surface area contributed by atoms with E-state index in [0.717, 1.165) is 43.9 Å². The molecule has 3 nitrogen and oxygen atoms in total. The maximum Gasteiger partial charge on any atom is 0.102 e. The maximum atomic E-state index is 5.72. The van der Waals surface area contributed by atoms with Crippen molar-refractivity contribution in [3.63, 3.8) is 0 Å². The number of halogens is 1. The van der Waals surface area contributed by atoms with Gasteiger partial charge in [-0.05, 0) is 19.3 Å². The summed E-state index contributed by atoms with van der Waals surface area (Å²) in [6, 6.07) is 0. The lowest BCUT2D eigenvalue weighted by Crippen LogP contribution is -3.00. The average Bonchev–Trinajstić information content (AvgIpc) is 2.64. The van der Waals surface area contributed by atoms with Crippen molar-refractivity contribution in [3.8, 4) is 0 Å². The first-order chi connectivity index (χ1) is 13.1. The summed E-state index contributed by atoms with van der Waals surface area (Å²) in [5.74, 6) is 0. The van der Waals surface area contributed by atoms with Gasteiger partial charge >= 0.3 is 0 Å². The van der Waals surface area contributed by atoms with E-state index in [-0.39, 0.29) is 12.4 Å². The minimum atomic E-state index is 0. The van der Waals surface area contributed by atoms with Gasteiger partial charge in [-0.25, -0.2) is 0 Å². The van der Waals surface area contributed by atoms with E-state index < -0.39 is 0 Å². The third kappa shape index (κ3) is 24.2. The third-order valence-corrected chi connectivity index (χ3v) is 5.47. The summed E-state index contributed by atoms with van der Waals surface area (Å²) in [6.07, 6.45) is 19.4. The summed E-state index contributed by atoms with van der Waals surface area (Å²) in [7, 11) is 4.67.